The van der Waals surface area contributed by atoms with Crippen molar-refractivity contribution in [3.05, 3.63) is 131 Å². The van der Waals surface area contributed by atoms with E-state index in [-0.39, 0.29) is 12.2 Å². The topological polar surface area (TPSA) is 46.5 Å². The van der Waals surface area contributed by atoms with Gasteiger partial charge in [-0.25, -0.2) is 4.79 Å². The highest BCUT2D eigenvalue weighted by atomic mass is 16.6. The van der Waals surface area contributed by atoms with Crippen LogP contribution in [0.15, 0.2) is 108 Å². The molecular weight excluding hydrogens is 384 g/mol. The summed E-state index contributed by atoms with van der Waals surface area (Å²) in [6.45, 7) is 2.07. The van der Waals surface area contributed by atoms with Gasteiger partial charge in [-0.15, -0.1) is 0 Å². The first-order chi connectivity index (χ1) is 15.1. The molecule has 3 nitrogen and oxygen atoms in total. The zero-order valence-corrected chi connectivity index (χ0v) is 17.6. The largest absolute Gasteiger partial charge is 0.512 e. The fourth-order valence-corrected chi connectivity index (χ4v) is 4.08. The van der Waals surface area contributed by atoms with Gasteiger partial charge in [0.2, 0.25) is 0 Å². The van der Waals surface area contributed by atoms with E-state index in [0.717, 1.165) is 17.5 Å². The van der Waals surface area contributed by atoms with Gasteiger partial charge in [0.15, 0.2) is 5.60 Å². The Labute approximate surface area is 183 Å². The number of hydrogen-bond acceptors (Lipinski definition) is 3. The minimum absolute atomic E-state index is 0.0872. The third-order valence-corrected chi connectivity index (χ3v) is 5.68. The normalized spacial score (nSPS) is 15.8. The number of benzene rings is 3. The Morgan fingerprint density at radius 3 is 2.06 bits per heavy atom. The van der Waals surface area contributed by atoms with Gasteiger partial charge in [0, 0.05) is 17.5 Å². The van der Waals surface area contributed by atoms with E-state index in [1.54, 1.807) is 0 Å². The van der Waals surface area contributed by atoms with Gasteiger partial charge in [-0.05, 0) is 18.9 Å². The maximum atomic E-state index is 13.0. The summed E-state index contributed by atoms with van der Waals surface area (Å²) in [7, 11) is 0. The van der Waals surface area contributed by atoms with Crippen molar-refractivity contribution in [2.75, 3.05) is 0 Å². The van der Waals surface area contributed by atoms with E-state index in [2.05, 4.69) is 25.1 Å². The molecule has 3 aromatic carbocycles. The van der Waals surface area contributed by atoms with Gasteiger partial charge < -0.3 is 9.84 Å². The second-order valence-corrected chi connectivity index (χ2v) is 7.92. The molecule has 31 heavy (non-hydrogen) atoms. The number of aliphatic hydroxyl groups excluding tert-OH is 1. The Morgan fingerprint density at radius 1 is 0.871 bits per heavy atom. The average Bonchev–Trinajstić information content (AvgIpc) is 2.79. The van der Waals surface area contributed by atoms with Crippen LogP contribution in [-0.4, -0.2) is 11.1 Å². The van der Waals surface area contributed by atoms with E-state index in [4.69, 9.17) is 4.74 Å². The van der Waals surface area contributed by atoms with E-state index >= 15 is 0 Å². The lowest BCUT2D eigenvalue weighted by Gasteiger charge is -2.38. The molecule has 0 amide bonds. The first kappa shape index (κ1) is 20.7. The van der Waals surface area contributed by atoms with Crippen LogP contribution in [0.5, 0.6) is 0 Å². The molecule has 1 aliphatic rings. The maximum Gasteiger partial charge on any atom is 0.338 e. The number of cyclic esters (lactones) is 1. The van der Waals surface area contributed by atoms with Crippen molar-refractivity contribution in [2.45, 2.75) is 31.8 Å². The van der Waals surface area contributed by atoms with Crippen molar-refractivity contribution in [1.82, 2.24) is 0 Å². The molecule has 0 fully saturated rings. The van der Waals surface area contributed by atoms with E-state index in [0.29, 0.717) is 12.0 Å². The standard InChI is InChI=1S/C28H26O3/c1-21-11-10-13-22(19-21)12-8-9-18-25-26(29)20-28(31-27(25)30,23-14-4-2-5-15-23)24-16-6-3-7-17-24/h2-11,13-17,19,29H,12,18,20H2,1H3. The third kappa shape index (κ3) is 4.46. The number of ether oxygens (including phenoxy) is 1. The molecule has 0 bridgehead atoms. The van der Waals surface area contributed by atoms with Crippen LogP contribution in [0.4, 0.5) is 0 Å². The highest BCUT2D eigenvalue weighted by Crippen LogP contribution is 2.43. The zero-order valence-electron chi connectivity index (χ0n) is 17.6. The number of esters is 1. The lowest BCUT2D eigenvalue weighted by Crippen LogP contribution is -2.38. The molecule has 0 saturated carbocycles. The van der Waals surface area contributed by atoms with Crippen molar-refractivity contribution in [1.29, 1.82) is 0 Å². The van der Waals surface area contributed by atoms with Gasteiger partial charge in [-0.3, -0.25) is 0 Å². The zero-order chi connectivity index (χ0) is 21.7. The van der Waals surface area contributed by atoms with E-state index in [1.807, 2.05) is 78.9 Å². The highest BCUT2D eigenvalue weighted by Gasteiger charge is 2.44. The molecule has 0 radical (unpaired) electrons. The Balaban J connectivity index is 1.58. The lowest BCUT2D eigenvalue weighted by atomic mass is 9.80. The monoisotopic (exact) mass is 410 g/mol. The third-order valence-electron chi connectivity index (χ3n) is 5.68. The van der Waals surface area contributed by atoms with Crippen molar-refractivity contribution in [3.8, 4) is 0 Å². The van der Waals surface area contributed by atoms with Crippen LogP contribution >= 0.6 is 0 Å². The van der Waals surface area contributed by atoms with Crippen LogP contribution in [0.25, 0.3) is 0 Å². The summed E-state index contributed by atoms with van der Waals surface area (Å²) >= 11 is 0. The molecule has 0 aromatic heterocycles. The molecule has 0 unspecified atom stereocenters. The van der Waals surface area contributed by atoms with Gasteiger partial charge in [0.05, 0.1) is 12.0 Å². The van der Waals surface area contributed by atoms with Crippen LogP contribution in [0.1, 0.15) is 35.1 Å². The average molecular weight is 411 g/mol. The molecule has 3 aromatic rings. The molecule has 0 atom stereocenters. The maximum absolute atomic E-state index is 13.0. The predicted octanol–water partition coefficient (Wildman–Crippen LogP) is 6.19. The van der Waals surface area contributed by atoms with Crippen LogP contribution < -0.4 is 0 Å². The number of hydrogen-bond donors (Lipinski definition) is 1. The van der Waals surface area contributed by atoms with E-state index < -0.39 is 11.6 Å². The lowest BCUT2D eigenvalue weighted by molar-refractivity contribution is -0.155. The molecule has 1 aliphatic heterocycles. The quantitative estimate of drug-likeness (QED) is 0.389. The Hall–Kier alpha value is -3.59. The summed E-state index contributed by atoms with van der Waals surface area (Å²) in [5, 5.41) is 10.9. The molecule has 0 saturated heterocycles. The van der Waals surface area contributed by atoms with Crippen molar-refractivity contribution < 1.29 is 14.6 Å². The number of rotatable bonds is 6. The highest BCUT2D eigenvalue weighted by molar-refractivity contribution is 5.91. The molecule has 3 heteroatoms. The number of carbonyl (C=O) groups is 1. The molecule has 1 heterocycles. The molecule has 4 rings (SSSR count). The van der Waals surface area contributed by atoms with Crippen molar-refractivity contribution >= 4 is 5.97 Å². The molecule has 0 aliphatic carbocycles. The van der Waals surface area contributed by atoms with Gasteiger partial charge in [0.25, 0.3) is 0 Å². The summed E-state index contributed by atoms with van der Waals surface area (Å²) < 4.78 is 6.07. The van der Waals surface area contributed by atoms with Crippen molar-refractivity contribution in [2.24, 2.45) is 0 Å². The van der Waals surface area contributed by atoms with Gasteiger partial charge in [-0.2, -0.15) is 0 Å². The Kier molecular flexibility index (Phi) is 6.03. The summed E-state index contributed by atoms with van der Waals surface area (Å²) in [4.78, 5) is 13.0. The van der Waals surface area contributed by atoms with Crippen molar-refractivity contribution in [3.63, 3.8) is 0 Å². The second kappa shape index (κ2) is 9.05. The van der Waals surface area contributed by atoms with Gasteiger partial charge in [-0.1, -0.05) is 103 Å². The Morgan fingerprint density at radius 2 is 1.48 bits per heavy atom. The Bertz CT molecular complexity index is 1070. The molecular formula is C28H26O3. The van der Waals surface area contributed by atoms with Crippen LogP contribution in [0.2, 0.25) is 0 Å². The van der Waals surface area contributed by atoms with Crippen LogP contribution in [0, 0.1) is 6.92 Å². The first-order valence-electron chi connectivity index (χ1n) is 10.5. The number of allylic oxidation sites excluding steroid dienone is 2. The first-order valence-corrected chi connectivity index (χ1v) is 10.5. The number of carbonyl (C=O) groups excluding carboxylic acids is 1. The van der Waals surface area contributed by atoms with Crippen LogP contribution in [0.3, 0.4) is 0 Å². The van der Waals surface area contributed by atoms with E-state index in [9.17, 15) is 9.90 Å². The van der Waals surface area contributed by atoms with E-state index in [1.165, 1.54) is 11.1 Å². The second-order valence-electron chi connectivity index (χ2n) is 7.92. The minimum atomic E-state index is -1.03. The summed E-state index contributed by atoms with van der Waals surface area (Å²) in [5.74, 6) is -0.388. The number of aryl methyl sites for hydroxylation is 1. The molecule has 156 valence electrons. The van der Waals surface area contributed by atoms with Gasteiger partial charge in [0.1, 0.15) is 5.76 Å². The van der Waals surface area contributed by atoms with Gasteiger partial charge >= 0.3 is 5.97 Å². The molecule has 0 spiro atoms. The fourth-order valence-electron chi connectivity index (χ4n) is 4.08. The summed E-state index contributed by atoms with van der Waals surface area (Å²) in [6, 6.07) is 27.6. The number of aliphatic hydroxyl groups is 1. The molecule has 1 N–H and O–H groups in total. The fraction of sp³-hybridized carbons (Fsp3) is 0.179. The summed E-state index contributed by atoms with van der Waals surface area (Å²) in [5.41, 5.74) is 3.42. The minimum Gasteiger partial charge on any atom is -0.512 e. The van der Waals surface area contributed by atoms with Crippen LogP contribution in [-0.2, 0) is 21.6 Å². The predicted molar refractivity (Wildman–Crippen MR) is 123 cm³/mol. The SMILES string of the molecule is Cc1cccc(CC=CCC2=C(O)CC(c3ccccc3)(c3ccccc3)OC2=O)c1. The smallest absolute Gasteiger partial charge is 0.338 e. The summed E-state index contributed by atoms with van der Waals surface area (Å²) in [6.07, 6.45) is 5.29.